The molecule has 1 rings (SSSR count). The summed E-state index contributed by atoms with van der Waals surface area (Å²) in [6.45, 7) is 6.42. The lowest BCUT2D eigenvalue weighted by atomic mass is 10.1. The number of amides is 1. The van der Waals surface area contributed by atoms with Crippen molar-refractivity contribution in [2.75, 3.05) is 0 Å². The summed E-state index contributed by atoms with van der Waals surface area (Å²) < 4.78 is 0. The molecule has 0 heterocycles. The van der Waals surface area contributed by atoms with Gasteiger partial charge >= 0.3 is 0 Å². The zero-order chi connectivity index (χ0) is 12.8. The number of nitrogens with one attached hydrogen (secondary N) is 1. The third kappa shape index (κ3) is 4.21. The first-order chi connectivity index (χ1) is 8.04. The van der Waals surface area contributed by atoms with Crippen LogP contribution in [0.25, 0.3) is 0 Å². The van der Waals surface area contributed by atoms with Crippen LogP contribution in [0.1, 0.15) is 29.3 Å². The maximum Gasteiger partial charge on any atom is 0.248 e. The van der Waals surface area contributed by atoms with Crippen LogP contribution in [-0.4, -0.2) is 11.9 Å². The first kappa shape index (κ1) is 13.7. The van der Waals surface area contributed by atoms with E-state index in [9.17, 15) is 4.79 Å². The molecule has 0 saturated heterocycles. The lowest BCUT2D eigenvalue weighted by Gasteiger charge is -2.12. The molecule has 0 spiro atoms. The van der Waals surface area contributed by atoms with Crippen LogP contribution in [0.2, 0.25) is 5.02 Å². The number of hydrogen-bond acceptors (Lipinski definition) is 2. The lowest BCUT2D eigenvalue weighted by Crippen LogP contribution is -2.24. The lowest BCUT2D eigenvalue weighted by molar-refractivity contribution is 0.100. The molecule has 3 nitrogen and oxygen atoms in total. The molecule has 0 fully saturated rings. The maximum absolute atomic E-state index is 11.0. The van der Waals surface area contributed by atoms with Crippen LogP contribution >= 0.6 is 11.6 Å². The second kappa shape index (κ2) is 6.42. The number of halogens is 1. The second-order valence-corrected chi connectivity index (χ2v) is 4.38. The molecule has 0 aromatic heterocycles. The van der Waals surface area contributed by atoms with Crippen LogP contribution in [-0.2, 0) is 6.54 Å². The van der Waals surface area contributed by atoms with Crippen LogP contribution < -0.4 is 11.1 Å². The number of rotatable bonds is 6. The van der Waals surface area contributed by atoms with E-state index < -0.39 is 5.91 Å². The Kier molecular flexibility index (Phi) is 5.19. The van der Waals surface area contributed by atoms with Gasteiger partial charge in [0, 0.05) is 23.2 Å². The quantitative estimate of drug-likeness (QED) is 0.765. The number of benzene rings is 1. The van der Waals surface area contributed by atoms with Crippen molar-refractivity contribution in [3.05, 3.63) is 47.0 Å². The highest BCUT2D eigenvalue weighted by Crippen LogP contribution is 2.17. The van der Waals surface area contributed by atoms with Crippen molar-refractivity contribution in [1.82, 2.24) is 5.32 Å². The molecular weight excluding hydrogens is 236 g/mol. The zero-order valence-electron chi connectivity index (χ0n) is 9.87. The van der Waals surface area contributed by atoms with Gasteiger partial charge in [-0.1, -0.05) is 23.7 Å². The Balaban J connectivity index is 2.66. The first-order valence-corrected chi connectivity index (χ1v) is 5.85. The van der Waals surface area contributed by atoms with Gasteiger partial charge in [0.2, 0.25) is 5.91 Å². The largest absolute Gasteiger partial charge is 0.366 e. The number of hydrogen-bond donors (Lipinski definition) is 2. The molecular formula is C13H17ClN2O. The Labute approximate surface area is 107 Å². The summed E-state index contributed by atoms with van der Waals surface area (Å²) in [6, 6.07) is 5.44. The molecule has 4 heteroatoms. The van der Waals surface area contributed by atoms with Gasteiger partial charge in [-0.05, 0) is 31.0 Å². The van der Waals surface area contributed by atoms with Crippen molar-refractivity contribution in [2.24, 2.45) is 5.73 Å². The Morgan fingerprint density at radius 2 is 2.35 bits per heavy atom. The molecule has 0 bridgehead atoms. The van der Waals surface area contributed by atoms with E-state index in [0.717, 1.165) is 12.0 Å². The van der Waals surface area contributed by atoms with E-state index in [0.29, 0.717) is 23.2 Å². The predicted molar refractivity (Wildman–Crippen MR) is 71.1 cm³/mol. The minimum atomic E-state index is -0.466. The fraction of sp³-hybridized carbons (Fsp3) is 0.308. The summed E-state index contributed by atoms with van der Waals surface area (Å²) in [6.07, 6.45) is 2.77. The minimum Gasteiger partial charge on any atom is -0.366 e. The Morgan fingerprint density at radius 3 is 2.88 bits per heavy atom. The van der Waals surface area contributed by atoms with Gasteiger partial charge in [0.15, 0.2) is 0 Å². The number of carbonyl (C=O) groups is 1. The Hall–Kier alpha value is -1.32. The average Bonchev–Trinajstić information content (AvgIpc) is 2.27. The van der Waals surface area contributed by atoms with E-state index in [1.165, 1.54) is 0 Å². The Morgan fingerprint density at radius 1 is 1.65 bits per heavy atom. The second-order valence-electron chi connectivity index (χ2n) is 3.98. The van der Waals surface area contributed by atoms with Crippen LogP contribution in [0.3, 0.4) is 0 Å². The highest BCUT2D eigenvalue weighted by Gasteiger charge is 2.06. The molecule has 0 aliphatic rings. The molecule has 1 aromatic rings. The standard InChI is InChI=1S/C13H17ClN2O/c1-3-4-9(2)16-8-11-6-5-10(13(15)17)7-12(11)14/h3,5-7,9,16H,1,4,8H2,2H3,(H2,15,17). The molecule has 0 saturated carbocycles. The van der Waals surface area contributed by atoms with Gasteiger partial charge in [-0.25, -0.2) is 0 Å². The molecule has 1 atom stereocenters. The summed E-state index contributed by atoms with van der Waals surface area (Å²) >= 11 is 6.07. The molecule has 1 aromatic carbocycles. The van der Waals surface area contributed by atoms with Gasteiger partial charge in [0.05, 0.1) is 0 Å². The van der Waals surface area contributed by atoms with E-state index in [1.54, 1.807) is 12.1 Å². The molecule has 0 aliphatic carbocycles. The molecule has 0 radical (unpaired) electrons. The molecule has 92 valence electrons. The molecule has 1 unspecified atom stereocenters. The number of primary amides is 1. The van der Waals surface area contributed by atoms with Gasteiger partial charge in [0.1, 0.15) is 0 Å². The fourth-order valence-electron chi connectivity index (χ4n) is 1.46. The van der Waals surface area contributed by atoms with Crippen molar-refractivity contribution in [1.29, 1.82) is 0 Å². The monoisotopic (exact) mass is 252 g/mol. The summed E-state index contributed by atoms with van der Waals surface area (Å²) in [4.78, 5) is 11.0. The fourth-order valence-corrected chi connectivity index (χ4v) is 1.71. The summed E-state index contributed by atoms with van der Waals surface area (Å²) in [5.74, 6) is -0.466. The highest BCUT2D eigenvalue weighted by atomic mass is 35.5. The van der Waals surface area contributed by atoms with Crippen molar-refractivity contribution < 1.29 is 4.79 Å². The van der Waals surface area contributed by atoms with Gasteiger partial charge < -0.3 is 11.1 Å². The van der Waals surface area contributed by atoms with Crippen molar-refractivity contribution in [2.45, 2.75) is 25.9 Å². The Bertz CT molecular complexity index is 418. The SMILES string of the molecule is C=CCC(C)NCc1ccc(C(N)=O)cc1Cl. The van der Waals surface area contributed by atoms with Crippen molar-refractivity contribution in [3.63, 3.8) is 0 Å². The normalized spacial score (nSPS) is 12.1. The zero-order valence-corrected chi connectivity index (χ0v) is 10.6. The average molecular weight is 253 g/mol. The van der Waals surface area contributed by atoms with E-state index in [1.807, 2.05) is 12.1 Å². The van der Waals surface area contributed by atoms with E-state index >= 15 is 0 Å². The number of nitrogens with two attached hydrogens (primary N) is 1. The predicted octanol–water partition coefficient (Wildman–Crippen LogP) is 2.49. The van der Waals surface area contributed by atoms with Crippen LogP contribution in [0.4, 0.5) is 0 Å². The van der Waals surface area contributed by atoms with E-state index in [2.05, 4.69) is 18.8 Å². The van der Waals surface area contributed by atoms with Crippen LogP contribution in [0, 0.1) is 0 Å². The third-order valence-corrected chi connectivity index (χ3v) is 2.85. The van der Waals surface area contributed by atoms with Crippen molar-refractivity contribution in [3.8, 4) is 0 Å². The summed E-state index contributed by atoms with van der Waals surface area (Å²) in [5, 5.41) is 3.87. The minimum absolute atomic E-state index is 0.347. The van der Waals surface area contributed by atoms with Crippen LogP contribution in [0.5, 0.6) is 0 Å². The van der Waals surface area contributed by atoms with Crippen LogP contribution in [0.15, 0.2) is 30.9 Å². The topological polar surface area (TPSA) is 55.1 Å². The van der Waals surface area contributed by atoms with Gasteiger partial charge in [-0.15, -0.1) is 6.58 Å². The van der Waals surface area contributed by atoms with E-state index in [4.69, 9.17) is 17.3 Å². The number of carbonyl (C=O) groups excluding carboxylic acids is 1. The summed E-state index contributed by atoms with van der Waals surface area (Å²) in [5.41, 5.74) is 6.55. The molecule has 17 heavy (non-hydrogen) atoms. The molecule has 1 amide bonds. The smallest absolute Gasteiger partial charge is 0.248 e. The summed E-state index contributed by atoms with van der Waals surface area (Å²) in [7, 11) is 0. The van der Waals surface area contributed by atoms with Gasteiger partial charge in [0.25, 0.3) is 0 Å². The highest BCUT2D eigenvalue weighted by molar-refractivity contribution is 6.31. The van der Waals surface area contributed by atoms with Crippen molar-refractivity contribution >= 4 is 17.5 Å². The van der Waals surface area contributed by atoms with Gasteiger partial charge in [-0.2, -0.15) is 0 Å². The van der Waals surface area contributed by atoms with E-state index in [-0.39, 0.29) is 0 Å². The van der Waals surface area contributed by atoms with Gasteiger partial charge in [-0.3, -0.25) is 4.79 Å². The maximum atomic E-state index is 11.0. The third-order valence-electron chi connectivity index (χ3n) is 2.50. The first-order valence-electron chi connectivity index (χ1n) is 5.47. The molecule has 0 aliphatic heterocycles. The molecule has 3 N–H and O–H groups in total.